The van der Waals surface area contributed by atoms with Gasteiger partial charge in [-0.3, -0.25) is 0 Å². The molecule has 0 aromatic heterocycles. The van der Waals surface area contributed by atoms with Crippen LogP contribution in [0.2, 0.25) is 0 Å². The van der Waals surface area contributed by atoms with Crippen molar-refractivity contribution in [3.8, 4) is 0 Å². The number of amides is 1. The molecule has 1 unspecified atom stereocenters. The molecule has 1 spiro atoms. The molecule has 2 aliphatic rings. The first-order chi connectivity index (χ1) is 7.32. The molecular weight excluding hydrogens is 209 g/mol. The van der Waals surface area contributed by atoms with E-state index in [0.717, 1.165) is 12.8 Å². The molecule has 1 aliphatic carbocycles. The Morgan fingerprint density at radius 2 is 2.06 bits per heavy atom. The van der Waals surface area contributed by atoms with Gasteiger partial charge in [0.15, 0.2) is 0 Å². The number of nitrogens with zero attached hydrogens (tertiary/aromatic N) is 1. The number of halogens is 1. The average molecular weight is 229 g/mol. The van der Waals surface area contributed by atoms with Gasteiger partial charge in [0.25, 0.3) is 0 Å². The van der Waals surface area contributed by atoms with Crippen LogP contribution in [0.5, 0.6) is 0 Å². The molecule has 1 heterocycles. The maximum atomic E-state index is 13.3. The Bertz CT molecular complexity index is 294. The third kappa shape index (κ3) is 2.30. The molecule has 2 fully saturated rings. The topological polar surface area (TPSA) is 29.5 Å². The molecule has 0 aromatic carbocycles. The van der Waals surface area contributed by atoms with Crippen LogP contribution in [0.25, 0.3) is 0 Å². The van der Waals surface area contributed by atoms with Crippen LogP contribution in [0.15, 0.2) is 0 Å². The minimum Gasteiger partial charge on any atom is -0.444 e. The maximum absolute atomic E-state index is 13.3. The quantitative estimate of drug-likeness (QED) is 0.639. The van der Waals surface area contributed by atoms with Crippen LogP contribution in [-0.2, 0) is 4.74 Å². The second-order valence-electron chi connectivity index (χ2n) is 5.95. The number of ether oxygens (including phenoxy) is 1. The minimum absolute atomic E-state index is 0.208. The van der Waals surface area contributed by atoms with Crippen molar-refractivity contribution in [3.63, 3.8) is 0 Å². The van der Waals surface area contributed by atoms with Gasteiger partial charge in [-0.1, -0.05) is 0 Å². The van der Waals surface area contributed by atoms with E-state index in [9.17, 15) is 9.18 Å². The summed E-state index contributed by atoms with van der Waals surface area (Å²) >= 11 is 0. The van der Waals surface area contributed by atoms with E-state index in [1.807, 2.05) is 20.8 Å². The highest BCUT2D eigenvalue weighted by Crippen LogP contribution is 2.49. The van der Waals surface area contributed by atoms with Crippen molar-refractivity contribution in [1.29, 1.82) is 0 Å². The van der Waals surface area contributed by atoms with Gasteiger partial charge in [-0.05, 0) is 40.0 Å². The molecule has 0 radical (unpaired) electrons. The predicted molar refractivity (Wildman–Crippen MR) is 59.0 cm³/mol. The molecule has 1 atom stereocenters. The van der Waals surface area contributed by atoms with E-state index in [1.54, 1.807) is 4.90 Å². The van der Waals surface area contributed by atoms with Crippen molar-refractivity contribution in [2.75, 3.05) is 6.54 Å². The van der Waals surface area contributed by atoms with Gasteiger partial charge in [-0.15, -0.1) is 0 Å². The number of hydrogen-bond donors (Lipinski definition) is 0. The van der Waals surface area contributed by atoms with Crippen molar-refractivity contribution >= 4 is 6.09 Å². The Hall–Kier alpha value is -0.800. The summed E-state index contributed by atoms with van der Waals surface area (Å²) in [5, 5.41) is 0. The van der Waals surface area contributed by atoms with Crippen LogP contribution < -0.4 is 0 Å². The third-order valence-electron chi connectivity index (χ3n) is 3.28. The van der Waals surface area contributed by atoms with Gasteiger partial charge in [0.1, 0.15) is 11.8 Å². The van der Waals surface area contributed by atoms with E-state index < -0.39 is 11.8 Å². The fraction of sp³-hybridized carbons (Fsp3) is 0.917. The lowest BCUT2D eigenvalue weighted by molar-refractivity contribution is -0.00296. The summed E-state index contributed by atoms with van der Waals surface area (Å²) in [5.41, 5.74) is -0.681. The molecular formula is C12H20FNO2. The summed E-state index contributed by atoms with van der Waals surface area (Å²) in [6.45, 7) is 6.06. The largest absolute Gasteiger partial charge is 0.444 e. The number of likely N-dealkylation sites (tertiary alicyclic amines) is 1. The molecule has 4 heteroatoms. The second kappa shape index (κ2) is 3.60. The maximum Gasteiger partial charge on any atom is 0.410 e. The van der Waals surface area contributed by atoms with E-state index in [0.29, 0.717) is 19.4 Å². The van der Waals surface area contributed by atoms with E-state index in [4.69, 9.17) is 4.74 Å². The summed E-state index contributed by atoms with van der Waals surface area (Å²) in [6.07, 6.45) is 1.75. The molecule has 1 saturated heterocycles. The van der Waals surface area contributed by atoms with Crippen LogP contribution in [0.3, 0.4) is 0 Å². The monoisotopic (exact) mass is 229 g/mol. The Morgan fingerprint density at radius 3 is 2.56 bits per heavy atom. The Kier molecular flexibility index (Phi) is 2.63. The standard InChI is InChI=1S/C12H20FNO2/c1-11(2,3)16-10(15)14-7-4-9(13)8-12(14)5-6-12/h9H,4-8H2,1-3H3. The van der Waals surface area contributed by atoms with Gasteiger partial charge in [0.05, 0.1) is 0 Å². The van der Waals surface area contributed by atoms with Crippen LogP contribution in [0.1, 0.15) is 46.5 Å². The normalized spacial score (nSPS) is 28.0. The van der Waals surface area contributed by atoms with Crippen LogP contribution in [0, 0.1) is 0 Å². The summed E-state index contributed by atoms with van der Waals surface area (Å²) in [7, 11) is 0. The number of rotatable bonds is 0. The first-order valence-electron chi connectivity index (χ1n) is 5.97. The van der Waals surface area contributed by atoms with Crippen molar-refractivity contribution in [1.82, 2.24) is 4.90 Å². The van der Waals surface area contributed by atoms with Crippen molar-refractivity contribution in [3.05, 3.63) is 0 Å². The predicted octanol–water partition coefficient (Wildman–Crippen LogP) is 2.89. The van der Waals surface area contributed by atoms with E-state index >= 15 is 0 Å². The van der Waals surface area contributed by atoms with Gasteiger partial charge >= 0.3 is 6.09 Å². The molecule has 2 rings (SSSR count). The first kappa shape index (κ1) is 11.7. The number of carbonyl (C=O) groups excluding carboxylic acids is 1. The molecule has 1 saturated carbocycles. The Morgan fingerprint density at radius 1 is 1.44 bits per heavy atom. The van der Waals surface area contributed by atoms with Gasteiger partial charge in [-0.2, -0.15) is 0 Å². The summed E-state index contributed by atoms with van der Waals surface area (Å²) in [4.78, 5) is 13.7. The minimum atomic E-state index is -0.749. The molecule has 1 amide bonds. The highest BCUT2D eigenvalue weighted by atomic mass is 19.1. The second-order valence-corrected chi connectivity index (χ2v) is 5.95. The summed E-state index contributed by atoms with van der Waals surface area (Å²) < 4.78 is 18.7. The Balaban J connectivity index is 2.01. The fourth-order valence-electron chi connectivity index (χ4n) is 2.35. The van der Waals surface area contributed by atoms with Gasteiger partial charge < -0.3 is 9.64 Å². The summed E-state index contributed by atoms with van der Waals surface area (Å²) in [5.74, 6) is 0. The van der Waals surface area contributed by atoms with Crippen LogP contribution in [-0.4, -0.2) is 34.8 Å². The van der Waals surface area contributed by atoms with Crippen molar-refractivity contribution in [2.45, 2.75) is 63.8 Å². The SMILES string of the molecule is CC(C)(C)OC(=O)N1CCC(F)CC12CC2. The van der Waals surface area contributed by atoms with E-state index in [2.05, 4.69) is 0 Å². The molecule has 92 valence electrons. The summed E-state index contributed by atoms with van der Waals surface area (Å²) in [6, 6.07) is 0. The van der Waals surface area contributed by atoms with Crippen molar-refractivity contribution in [2.24, 2.45) is 0 Å². The lowest BCUT2D eigenvalue weighted by Crippen LogP contribution is -2.50. The first-order valence-corrected chi connectivity index (χ1v) is 5.97. The molecule has 1 aliphatic heterocycles. The Labute approximate surface area is 95.9 Å². The fourth-order valence-corrected chi connectivity index (χ4v) is 2.35. The number of piperidine rings is 1. The van der Waals surface area contributed by atoms with Crippen LogP contribution >= 0.6 is 0 Å². The molecule has 0 aromatic rings. The molecule has 3 nitrogen and oxygen atoms in total. The molecule has 16 heavy (non-hydrogen) atoms. The third-order valence-corrected chi connectivity index (χ3v) is 3.28. The average Bonchev–Trinajstić information content (AvgIpc) is 2.81. The zero-order valence-corrected chi connectivity index (χ0v) is 10.3. The van der Waals surface area contributed by atoms with Crippen molar-refractivity contribution < 1.29 is 13.9 Å². The number of hydrogen-bond acceptors (Lipinski definition) is 2. The zero-order valence-electron chi connectivity index (χ0n) is 10.3. The lowest BCUT2D eigenvalue weighted by Gasteiger charge is -2.38. The van der Waals surface area contributed by atoms with Gasteiger partial charge in [-0.25, -0.2) is 9.18 Å². The van der Waals surface area contributed by atoms with Gasteiger partial charge in [0.2, 0.25) is 0 Å². The van der Waals surface area contributed by atoms with Crippen LogP contribution in [0.4, 0.5) is 9.18 Å². The lowest BCUT2D eigenvalue weighted by atomic mass is 9.99. The highest BCUT2D eigenvalue weighted by molar-refractivity contribution is 5.70. The molecule has 0 bridgehead atoms. The smallest absolute Gasteiger partial charge is 0.410 e. The van der Waals surface area contributed by atoms with E-state index in [1.165, 1.54) is 0 Å². The zero-order chi connectivity index (χ0) is 12.0. The number of alkyl halides is 1. The van der Waals surface area contributed by atoms with Gasteiger partial charge in [0, 0.05) is 18.5 Å². The highest BCUT2D eigenvalue weighted by Gasteiger charge is 2.54. The number of carbonyl (C=O) groups is 1. The van der Waals surface area contributed by atoms with E-state index in [-0.39, 0.29) is 11.6 Å². The molecule has 0 N–H and O–H groups in total.